The maximum Gasteiger partial charge on any atom is 0.251 e. The molecule has 3 aliphatic heterocycles. The number of nitriles is 1. The van der Waals surface area contributed by atoms with Crippen molar-refractivity contribution in [1.29, 1.82) is 5.26 Å². The van der Waals surface area contributed by atoms with Gasteiger partial charge in [0.25, 0.3) is 5.91 Å². The van der Waals surface area contributed by atoms with Crippen LogP contribution in [0.2, 0.25) is 0 Å². The highest BCUT2D eigenvalue weighted by molar-refractivity contribution is 5.99. The van der Waals surface area contributed by atoms with E-state index in [2.05, 4.69) is 16.3 Å². The van der Waals surface area contributed by atoms with Gasteiger partial charge in [0, 0.05) is 18.2 Å². The number of fused-ring (bicyclic) bond motifs is 4. The van der Waals surface area contributed by atoms with Gasteiger partial charge in [0.05, 0.1) is 11.6 Å². The van der Waals surface area contributed by atoms with Crippen LogP contribution in [0, 0.1) is 17.2 Å². The Bertz CT molecular complexity index is 800. The van der Waals surface area contributed by atoms with Crippen LogP contribution in [0.5, 0.6) is 0 Å². The molecule has 0 radical (unpaired) electrons. The lowest BCUT2D eigenvalue weighted by Crippen LogP contribution is -2.57. The second kappa shape index (κ2) is 5.68. The molecule has 0 aliphatic carbocycles. The molecule has 3 aliphatic rings. The Morgan fingerprint density at radius 2 is 1.91 bits per heavy atom. The lowest BCUT2D eigenvalue weighted by Gasteiger charge is -2.44. The summed E-state index contributed by atoms with van der Waals surface area (Å²) >= 11 is 0. The first-order valence-electron chi connectivity index (χ1n) is 8.20. The smallest absolute Gasteiger partial charge is 0.251 e. The molecule has 0 aromatic heterocycles. The number of carbonyl (C=O) groups excluding carboxylic acids is 1. The lowest BCUT2D eigenvalue weighted by molar-refractivity contribution is 0.0620. The summed E-state index contributed by atoms with van der Waals surface area (Å²) in [6.45, 7) is 3.32. The Balaban J connectivity index is 1.56. The van der Waals surface area contributed by atoms with Crippen LogP contribution >= 0.6 is 0 Å². The highest BCUT2D eigenvalue weighted by Crippen LogP contribution is 2.27. The molecule has 4 heteroatoms. The summed E-state index contributed by atoms with van der Waals surface area (Å²) in [5.74, 6) is 0.614. The zero-order valence-electron chi connectivity index (χ0n) is 13.0. The van der Waals surface area contributed by atoms with E-state index >= 15 is 0 Å². The monoisotopic (exact) mass is 305 g/mol. The van der Waals surface area contributed by atoms with Crippen LogP contribution in [-0.2, 0) is 0 Å². The van der Waals surface area contributed by atoms with Crippen molar-refractivity contribution in [2.24, 2.45) is 5.92 Å². The normalized spacial score (nSPS) is 26.0. The molecular formula is C19H19N3O. The molecule has 1 amide bonds. The largest absolute Gasteiger partial charge is 0.348 e. The molecule has 4 nitrogen and oxygen atoms in total. The summed E-state index contributed by atoms with van der Waals surface area (Å²) in [4.78, 5) is 15.0. The van der Waals surface area contributed by atoms with Crippen LogP contribution in [0.25, 0.3) is 10.8 Å². The van der Waals surface area contributed by atoms with Gasteiger partial charge in [-0.2, -0.15) is 5.26 Å². The maximum atomic E-state index is 12.6. The van der Waals surface area contributed by atoms with Crippen molar-refractivity contribution in [1.82, 2.24) is 10.2 Å². The van der Waals surface area contributed by atoms with E-state index in [1.165, 1.54) is 25.9 Å². The van der Waals surface area contributed by atoms with Gasteiger partial charge < -0.3 is 10.2 Å². The molecule has 23 heavy (non-hydrogen) atoms. The van der Waals surface area contributed by atoms with Crippen LogP contribution in [-0.4, -0.2) is 36.5 Å². The number of carbonyl (C=O) groups is 1. The molecule has 3 heterocycles. The first-order valence-corrected chi connectivity index (χ1v) is 8.20. The van der Waals surface area contributed by atoms with E-state index in [1.807, 2.05) is 30.3 Å². The fourth-order valence-corrected chi connectivity index (χ4v) is 3.84. The number of rotatable bonds is 2. The Hall–Kier alpha value is -2.38. The topological polar surface area (TPSA) is 56.1 Å². The van der Waals surface area contributed by atoms with E-state index in [9.17, 15) is 4.79 Å². The summed E-state index contributed by atoms with van der Waals surface area (Å²) in [6, 6.07) is 13.7. The number of hydrogen-bond acceptors (Lipinski definition) is 3. The van der Waals surface area contributed by atoms with Crippen LogP contribution in [0.15, 0.2) is 36.4 Å². The van der Waals surface area contributed by atoms with Gasteiger partial charge >= 0.3 is 0 Å². The molecule has 2 aromatic carbocycles. The third kappa shape index (κ3) is 2.69. The van der Waals surface area contributed by atoms with E-state index in [1.54, 1.807) is 6.07 Å². The number of benzene rings is 2. The minimum atomic E-state index is -0.00647. The molecule has 0 spiro atoms. The Labute approximate surface area is 135 Å². The molecule has 2 aromatic rings. The molecule has 5 rings (SSSR count). The quantitative estimate of drug-likeness (QED) is 0.927. The molecule has 1 atom stereocenters. The fraction of sp³-hybridized carbons (Fsp3) is 0.368. The van der Waals surface area contributed by atoms with Crippen molar-refractivity contribution in [3.63, 3.8) is 0 Å². The van der Waals surface area contributed by atoms with E-state index in [4.69, 9.17) is 5.26 Å². The summed E-state index contributed by atoms with van der Waals surface area (Å²) in [7, 11) is 0. The van der Waals surface area contributed by atoms with Gasteiger partial charge in [0.1, 0.15) is 0 Å². The first-order chi connectivity index (χ1) is 11.2. The Morgan fingerprint density at radius 1 is 1.13 bits per heavy atom. The summed E-state index contributed by atoms with van der Waals surface area (Å²) in [5.41, 5.74) is 1.29. The minimum absolute atomic E-state index is 0.00647. The maximum absolute atomic E-state index is 12.6. The van der Waals surface area contributed by atoms with Crippen molar-refractivity contribution < 1.29 is 4.79 Å². The third-order valence-electron chi connectivity index (χ3n) is 5.20. The number of nitrogens with one attached hydrogen (secondary N) is 1. The first kappa shape index (κ1) is 14.2. The molecule has 116 valence electrons. The van der Waals surface area contributed by atoms with Gasteiger partial charge in [-0.3, -0.25) is 4.79 Å². The summed E-state index contributed by atoms with van der Waals surface area (Å²) in [5, 5.41) is 14.2. The van der Waals surface area contributed by atoms with Crippen molar-refractivity contribution in [2.45, 2.75) is 18.9 Å². The Kier molecular flexibility index (Phi) is 3.51. The molecular weight excluding hydrogens is 286 g/mol. The van der Waals surface area contributed by atoms with Gasteiger partial charge in [-0.15, -0.1) is 0 Å². The highest BCUT2D eigenvalue weighted by atomic mass is 16.1. The predicted molar refractivity (Wildman–Crippen MR) is 89.1 cm³/mol. The minimum Gasteiger partial charge on any atom is -0.348 e. The van der Waals surface area contributed by atoms with E-state index < -0.39 is 0 Å². The van der Waals surface area contributed by atoms with E-state index in [0.717, 1.165) is 17.3 Å². The zero-order valence-corrected chi connectivity index (χ0v) is 13.0. The predicted octanol–water partition coefficient (Wildman–Crippen LogP) is 2.54. The van der Waals surface area contributed by atoms with Crippen LogP contribution in [0.1, 0.15) is 28.8 Å². The second-order valence-electron chi connectivity index (χ2n) is 6.61. The lowest BCUT2D eigenvalue weighted by atomic mass is 9.84. The van der Waals surface area contributed by atoms with Crippen LogP contribution in [0.3, 0.4) is 0 Å². The standard InChI is InChI=1S/C19H19N3O/c20-11-13-1-2-14-3-4-16(10-17(14)9-13)19(23)21-18-12-22-7-5-15(18)6-8-22/h1-4,9-10,15,18H,5-8,12H2,(H,21,23)/t18-/m0/s1. The van der Waals surface area contributed by atoms with Crippen LogP contribution < -0.4 is 5.32 Å². The molecule has 3 fully saturated rings. The summed E-state index contributed by atoms with van der Waals surface area (Å²) in [6.07, 6.45) is 2.38. The van der Waals surface area contributed by atoms with Gasteiger partial charge in [-0.25, -0.2) is 0 Å². The molecule has 0 unspecified atom stereocenters. The average molecular weight is 305 g/mol. The SMILES string of the molecule is N#Cc1ccc2ccc(C(=O)N[C@H]3CN4CCC3CC4)cc2c1. The van der Waals surface area contributed by atoms with Crippen molar-refractivity contribution >= 4 is 16.7 Å². The molecule has 3 saturated heterocycles. The number of amides is 1. The average Bonchev–Trinajstić information content (AvgIpc) is 2.61. The molecule has 1 N–H and O–H groups in total. The highest BCUT2D eigenvalue weighted by Gasteiger charge is 2.34. The number of hydrogen-bond donors (Lipinski definition) is 1. The number of nitrogens with zero attached hydrogens (tertiary/aromatic N) is 2. The molecule has 2 bridgehead atoms. The van der Waals surface area contributed by atoms with Crippen molar-refractivity contribution in [3.8, 4) is 6.07 Å². The van der Waals surface area contributed by atoms with Gasteiger partial charge in [0.2, 0.25) is 0 Å². The van der Waals surface area contributed by atoms with Gasteiger partial charge in [0.15, 0.2) is 0 Å². The molecule has 0 saturated carbocycles. The fourth-order valence-electron chi connectivity index (χ4n) is 3.84. The zero-order chi connectivity index (χ0) is 15.8. The van der Waals surface area contributed by atoms with E-state index in [0.29, 0.717) is 17.0 Å². The number of piperidine rings is 3. The second-order valence-corrected chi connectivity index (χ2v) is 6.61. The van der Waals surface area contributed by atoms with Gasteiger partial charge in [-0.1, -0.05) is 12.1 Å². The van der Waals surface area contributed by atoms with Crippen LogP contribution in [0.4, 0.5) is 0 Å². The van der Waals surface area contributed by atoms with Crippen molar-refractivity contribution in [3.05, 3.63) is 47.5 Å². The Morgan fingerprint density at radius 3 is 2.61 bits per heavy atom. The third-order valence-corrected chi connectivity index (χ3v) is 5.20. The van der Waals surface area contributed by atoms with Gasteiger partial charge in [-0.05, 0) is 66.9 Å². The summed E-state index contributed by atoms with van der Waals surface area (Å²) < 4.78 is 0. The van der Waals surface area contributed by atoms with Crippen molar-refractivity contribution in [2.75, 3.05) is 19.6 Å². The van der Waals surface area contributed by atoms with E-state index in [-0.39, 0.29) is 11.9 Å².